The number of hydroxylamine groups is 2. The predicted octanol–water partition coefficient (Wildman–Crippen LogP) is 4.06. The summed E-state index contributed by atoms with van der Waals surface area (Å²) in [5.41, 5.74) is 0.949. The summed E-state index contributed by atoms with van der Waals surface area (Å²) in [6.45, 7) is 1.91. The minimum absolute atomic E-state index is 0.0510. The summed E-state index contributed by atoms with van der Waals surface area (Å²) in [7, 11) is 3.05. The van der Waals surface area contributed by atoms with Crippen molar-refractivity contribution in [2.75, 3.05) is 14.2 Å². The van der Waals surface area contributed by atoms with Crippen molar-refractivity contribution >= 4 is 29.1 Å². The van der Waals surface area contributed by atoms with Crippen molar-refractivity contribution in [2.45, 2.75) is 19.3 Å². The number of amides is 1. The maximum absolute atomic E-state index is 11.9. The molecule has 0 spiro atoms. The van der Waals surface area contributed by atoms with E-state index in [0.29, 0.717) is 16.5 Å². The van der Waals surface area contributed by atoms with E-state index in [-0.39, 0.29) is 11.8 Å². The van der Waals surface area contributed by atoms with Gasteiger partial charge in [-0.15, -0.1) is 0 Å². The molecule has 0 aliphatic rings. The van der Waals surface area contributed by atoms with Gasteiger partial charge in [0.1, 0.15) is 0 Å². The maximum Gasteiger partial charge on any atom is 0.246 e. The number of carbonyl (C=O) groups is 1. The van der Waals surface area contributed by atoms with E-state index in [1.165, 1.54) is 12.2 Å². The second-order valence-electron chi connectivity index (χ2n) is 4.08. The zero-order chi connectivity index (χ0) is 14.4. The Hall–Kier alpha value is -1.03. The molecule has 1 rings (SSSR count). The van der Waals surface area contributed by atoms with Gasteiger partial charge in [0.2, 0.25) is 5.91 Å². The van der Waals surface area contributed by atoms with E-state index in [0.717, 1.165) is 5.56 Å². The van der Waals surface area contributed by atoms with Crippen LogP contribution >= 0.6 is 23.2 Å². The third-order valence-electron chi connectivity index (χ3n) is 2.82. The molecule has 3 nitrogen and oxygen atoms in total. The zero-order valence-electron chi connectivity index (χ0n) is 11.2. The first-order valence-corrected chi connectivity index (χ1v) is 6.63. The van der Waals surface area contributed by atoms with E-state index < -0.39 is 0 Å². The van der Waals surface area contributed by atoms with Crippen molar-refractivity contribution in [3.63, 3.8) is 0 Å². The molecule has 0 N–H and O–H groups in total. The fourth-order valence-electron chi connectivity index (χ4n) is 1.69. The van der Waals surface area contributed by atoms with Crippen LogP contribution in [0, 0.1) is 0 Å². The monoisotopic (exact) mass is 301 g/mol. The first kappa shape index (κ1) is 16.0. The van der Waals surface area contributed by atoms with Gasteiger partial charge in [0.25, 0.3) is 0 Å². The van der Waals surface area contributed by atoms with Crippen molar-refractivity contribution in [3.05, 3.63) is 46.0 Å². The highest BCUT2D eigenvalue weighted by Crippen LogP contribution is 2.29. The number of rotatable bonds is 5. The van der Waals surface area contributed by atoms with Crippen LogP contribution in [0.1, 0.15) is 24.8 Å². The lowest BCUT2D eigenvalue weighted by Gasteiger charge is -2.18. The average Bonchev–Trinajstić information content (AvgIpc) is 2.40. The summed E-state index contributed by atoms with van der Waals surface area (Å²) >= 11 is 11.9. The fraction of sp³-hybridized carbons (Fsp3) is 0.357. The molecule has 5 heteroatoms. The minimum Gasteiger partial charge on any atom is -0.275 e. The molecule has 0 unspecified atom stereocenters. The highest BCUT2D eigenvalue weighted by molar-refractivity contribution is 6.42. The van der Waals surface area contributed by atoms with Crippen LogP contribution in [-0.4, -0.2) is 25.1 Å². The van der Waals surface area contributed by atoms with E-state index in [2.05, 4.69) is 0 Å². The molecule has 0 saturated heterocycles. The third-order valence-corrected chi connectivity index (χ3v) is 3.56. The quantitative estimate of drug-likeness (QED) is 0.606. The van der Waals surface area contributed by atoms with Crippen LogP contribution in [0.25, 0.3) is 0 Å². The van der Waals surface area contributed by atoms with Gasteiger partial charge in [0, 0.05) is 19.4 Å². The molecule has 104 valence electrons. The molecule has 0 bridgehead atoms. The van der Waals surface area contributed by atoms with Crippen LogP contribution < -0.4 is 0 Å². The summed E-state index contributed by atoms with van der Waals surface area (Å²) in [6.07, 6.45) is 4.18. The molecular formula is C14H17Cl2NO2. The first-order valence-electron chi connectivity index (χ1n) is 5.88. The van der Waals surface area contributed by atoms with E-state index in [1.54, 1.807) is 19.2 Å². The smallest absolute Gasteiger partial charge is 0.246 e. The molecule has 1 aromatic carbocycles. The number of hydrogen-bond donors (Lipinski definition) is 0. The van der Waals surface area contributed by atoms with Gasteiger partial charge in [-0.3, -0.25) is 9.63 Å². The molecule has 0 aliphatic heterocycles. The van der Waals surface area contributed by atoms with Gasteiger partial charge in [-0.05, 0) is 24.6 Å². The van der Waals surface area contributed by atoms with E-state index in [1.807, 2.05) is 25.1 Å². The molecule has 0 aliphatic carbocycles. The summed E-state index contributed by atoms with van der Waals surface area (Å²) in [6, 6.07) is 5.40. The van der Waals surface area contributed by atoms with Gasteiger partial charge in [0.15, 0.2) is 0 Å². The Kier molecular flexibility index (Phi) is 6.35. The number of carbonyl (C=O) groups excluding carboxylic acids is 1. The Labute approximate surface area is 123 Å². The molecule has 1 aromatic rings. The van der Waals surface area contributed by atoms with Gasteiger partial charge >= 0.3 is 0 Å². The normalized spacial score (nSPS) is 12.7. The lowest BCUT2D eigenvalue weighted by molar-refractivity contribution is -0.168. The third kappa shape index (κ3) is 4.53. The van der Waals surface area contributed by atoms with Gasteiger partial charge < -0.3 is 0 Å². The fourth-order valence-corrected chi connectivity index (χ4v) is 2.00. The van der Waals surface area contributed by atoms with Crippen LogP contribution in [-0.2, 0) is 9.63 Å². The first-order chi connectivity index (χ1) is 8.99. The number of benzene rings is 1. The van der Waals surface area contributed by atoms with Crippen molar-refractivity contribution < 1.29 is 9.63 Å². The van der Waals surface area contributed by atoms with E-state index >= 15 is 0 Å². The minimum atomic E-state index is -0.100. The van der Waals surface area contributed by atoms with E-state index in [9.17, 15) is 4.79 Å². The molecule has 0 aromatic heterocycles. The summed E-state index contributed by atoms with van der Waals surface area (Å²) in [5.74, 6) is -0.151. The SMILES string of the molecule is CC=C[C@@H](CC(=O)N(C)OC)c1ccc(Cl)c(Cl)c1. The van der Waals surface area contributed by atoms with Crippen LogP contribution in [0.3, 0.4) is 0 Å². The Morgan fingerprint density at radius 2 is 2.11 bits per heavy atom. The largest absolute Gasteiger partial charge is 0.275 e. The van der Waals surface area contributed by atoms with Crippen molar-refractivity contribution in [2.24, 2.45) is 0 Å². The predicted molar refractivity (Wildman–Crippen MR) is 78.4 cm³/mol. The Bertz CT molecular complexity index is 475. The summed E-state index contributed by atoms with van der Waals surface area (Å²) in [4.78, 5) is 16.8. The molecule has 0 heterocycles. The van der Waals surface area contributed by atoms with E-state index in [4.69, 9.17) is 28.0 Å². The molecule has 1 atom stereocenters. The second-order valence-corrected chi connectivity index (χ2v) is 4.90. The van der Waals surface area contributed by atoms with Crippen molar-refractivity contribution in [3.8, 4) is 0 Å². The number of hydrogen-bond acceptors (Lipinski definition) is 2. The van der Waals surface area contributed by atoms with Crippen LogP contribution in [0.4, 0.5) is 0 Å². The highest BCUT2D eigenvalue weighted by atomic mass is 35.5. The number of halogens is 2. The molecule has 0 saturated carbocycles. The molecular weight excluding hydrogens is 285 g/mol. The lowest BCUT2D eigenvalue weighted by atomic mass is 9.95. The highest BCUT2D eigenvalue weighted by Gasteiger charge is 2.17. The molecule has 0 radical (unpaired) electrons. The molecule has 0 fully saturated rings. The van der Waals surface area contributed by atoms with Crippen molar-refractivity contribution in [1.82, 2.24) is 5.06 Å². The van der Waals surface area contributed by atoms with Gasteiger partial charge in [-0.2, -0.15) is 0 Å². The second kappa shape index (κ2) is 7.53. The van der Waals surface area contributed by atoms with Crippen LogP contribution in [0.2, 0.25) is 10.0 Å². The zero-order valence-corrected chi connectivity index (χ0v) is 12.7. The standard InChI is InChI=1S/C14H17Cl2NO2/c1-4-5-10(9-14(18)17(2)19-3)11-6-7-12(15)13(16)8-11/h4-8,10H,9H2,1-3H3/t10-/m0/s1. The van der Waals surface area contributed by atoms with Crippen LogP contribution in [0.5, 0.6) is 0 Å². The number of allylic oxidation sites excluding steroid dienone is 2. The Morgan fingerprint density at radius 1 is 1.42 bits per heavy atom. The van der Waals surface area contributed by atoms with Crippen LogP contribution in [0.15, 0.2) is 30.4 Å². The summed E-state index contributed by atoms with van der Waals surface area (Å²) < 4.78 is 0. The topological polar surface area (TPSA) is 29.5 Å². The van der Waals surface area contributed by atoms with Gasteiger partial charge in [0.05, 0.1) is 17.2 Å². The van der Waals surface area contributed by atoms with Gasteiger partial charge in [-0.25, -0.2) is 5.06 Å². The Morgan fingerprint density at radius 3 is 2.63 bits per heavy atom. The maximum atomic E-state index is 11.9. The molecule has 19 heavy (non-hydrogen) atoms. The molecule has 1 amide bonds. The van der Waals surface area contributed by atoms with Crippen molar-refractivity contribution in [1.29, 1.82) is 0 Å². The number of nitrogens with zero attached hydrogens (tertiary/aromatic N) is 1. The Balaban J connectivity index is 2.94. The average molecular weight is 302 g/mol. The summed E-state index contributed by atoms with van der Waals surface area (Å²) in [5, 5.41) is 2.21. The van der Waals surface area contributed by atoms with Gasteiger partial charge in [-0.1, -0.05) is 41.4 Å². The lowest BCUT2D eigenvalue weighted by Crippen LogP contribution is -2.26.